The maximum atomic E-state index is 12.0. The number of nitrogens with zero attached hydrogens (tertiary/aromatic N) is 2. The van der Waals surface area contributed by atoms with Crippen molar-refractivity contribution in [3.63, 3.8) is 0 Å². The van der Waals surface area contributed by atoms with Crippen LogP contribution in [0.5, 0.6) is 0 Å². The van der Waals surface area contributed by atoms with Gasteiger partial charge in [0, 0.05) is 11.6 Å². The van der Waals surface area contributed by atoms with Gasteiger partial charge in [-0.2, -0.15) is 0 Å². The monoisotopic (exact) mass is 298 g/mol. The third-order valence-electron chi connectivity index (χ3n) is 3.61. The molecule has 0 spiro atoms. The number of ether oxygens (including phenoxy) is 1. The van der Waals surface area contributed by atoms with E-state index >= 15 is 0 Å². The molecule has 114 valence electrons. The minimum absolute atomic E-state index is 0.0101. The molecule has 0 aliphatic heterocycles. The topological polar surface area (TPSA) is 65.2 Å². The Morgan fingerprint density at radius 2 is 2.23 bits per heavy atom. The van der Waals surface area contributed by atoms with E-state index in [0.29, 0.717) is 17.7 Å². The van der Waals surface area contributed by atoms with Gasteiger partial charge in [-0.25, -0.2) is 9.78 Å². The summed E-state index contributed by atoms with van der Waals surface area (Å²) >= 11 is 0. The fraction of sp³-hybridized carbons (Fsp3) is 0.353. The molecule has 22 heavy (non-hydrogen) atoms. The summed E-state index contributed by atoms with van der Waals surface area (Å²) < 4.78 is 10.8. The van der Waals surface area contributed by atoms with Gasteiger partial charge in [-0.3, -0.25) is 4.98 Å². The van der Waals surface area contributed by atoms with Gasteiger partial charge in [-0.1, -0.05) is 25.8 Å². The van der Waals surface area contributed by atoms with Crippen LogP contribution in [0.4, 0.5) is 0 Å². The number of pyridine rings is 1. The van der Waals surface area contributed by atoms with E-state index in [0.717, 1.165) is 35.7 Å². The third kappa shape index (κ3) is 2.66. The Morgan fingerprint density at radius 1 is 1.36 bits per heavy atom. The largest absolute Gasteiger partial charge is 0.459 e. The zero-order valence-electron chi connectivity index (χ0n) is 12.8. The standard InChI is InChI=1S/C17H18N2O3/c1-3-4-5-9-21-17(20)16-19-13-10-11(2)12-7-6-8-18-14(12)15(13)22-16/h6-8,10H,3-5,9H2,1-2H3. The summed E-state index contributed by atoms with van der Waals surface area (Å²) in [5.41, 5.74) is 2.92. The van der Waals surface area contributed by atoms with Crippen LogP contribution in [0.1, 0.15) is 42.4 Å². The second-order valence-electron chi connectivity index (χ2n) is 5.30. The lowest BCUT2D eigenvalue weighted by molar-refractivity contribution is 0.0455. The fourth-order valence-corrected chi connectivity index (χ4v) is 2.45. The van der Waals surface area contributed by atoms with Gasteiger partial charge in [0.05, 0.1) is 6.61 Å². The third-order valence-corrected chi connectivity index (χ3v) is 3.61. The maximum Gasteiger partial charge on any atom is 0.394 e. The number of esters is 1. The van der Waals surface area contributed by atoms with E-state index in [-0.39, 0.29) is 5.89 Å². The number of hydrogen-bond donors (Lipinski definition) is 0. The van der Waals surface area contributed by atoms with Crippen LogP contribution in [-0.4, -0.2) is 22.5 Å². The van der Waals surface area contributed by atoms with Crippen LogP contribution in [0.3, 0.4) is 0 Å². The number of rotatable bonds is 5. The number of oxazole rings is 1. The SMILES string of the molecule is CCCCCOC(=O)c1nc2cc(C)c3cccnc3c2o1. The Morgan fingerprint density at radius 3 is 3.05 bits per heavy atom. The summed E-state index contributed by atoms with van der Waals surface area (Å²) in [6, 6.07) is 5.75. The second-order valence-corrected chi connectivity index (χ2v) is 5.30. The molecule has 3 rings (SSSR count). The molecule has 0 fully saturated rings. The Balaban J connectivity index is 1.93. The first-order chi connectivity index (χ1) is 10.7. The average Bonchev–Trinajstić information content (AvgIpc) is 2.96. The van der Waals surface area contributed by atoms with Crippen molar-refractivity contribution in [2.24, 2.45) is 0 Å². The lowest BCUT2D eigenvalue weighted by atomic mass is 10.1. The van der Waals surface area contributed by atoms with Crippen molar-refractivity contribution in [2.45, 2.75) is 33.1 Å². The molecule has 0 amide bonds. The van der Waals surface area contributed by atoms with Crippen molar-refractivity contribution < 1.29 is 13.9 Å². The highest BCUT2D eigenvalue weighted by Gasteiger charge is 2.18. The zero-order valence-corrected chi connectivity index (χ0v) is 12.8. The molecule has 0 atom stereocenters. The quantitative estimate of drug-likeness (QED) is 0.525. The molecular formula is C17H18N2O3. The summed E-state index contributed by atoms with van der Waals surface area (Å²) in [7, 11) is 0. The average molecular weight is 298 g/mol. The van der Waals surface area contributed by atoms with Gasteiger partial charge in [0.15, 0.2) is 5.58 Å². The normalized spacial score (nSPS) is 11.2. The first-order valence-corrected chi connectivity index (χ1v) is 7.52. The van der Waals surface area contributed by atoms with E-state index in [1.165, 1.54) is 0 Å². The number of carbonyl (C=O) groups excluding carboxylic acids is 1. The molecule has 0 N–H and O–H groups in total. The van der Waals surface area contributed by atoms with Crippen molar-refractivity contribution in [2.75, 3.05) is 6.61 Å². The summed E-state index contributed by atoms with van der Waals surface area (Å²) in [6.07, 6.45) is 4.67. The molecule has 0 radical (unpaired) electrons. The van der Waals surface area contributed by atoms with Gasteiger partial charge in [0.2, 0.25) is 0 Å². The van der Waals surface area contributed by atoms with Crippen molar-refractivity contribution in [1.29, 1.82) is 0 Å². The minimum atomic E-state index is -0.519. The number of fused-ring (bicyclic) bond motifs is 3. The Labute approximate surface area is 128 Å². The summed E-state index contributed by atoms with van der Waals surface area (Å²) in [5, 5.41) is 0.994. The first kappa shape index (κ1) is 14.5. The number of aryl methyl sites for hydroxylation is 1. The maximum absolute atomic E-state index is 12.0. The van der Waals surface area contributed by atoms with Crippen LogP contribution in [0.2, 0.25) is 0 Å². The molecular weight excluding hydrogens is 280 g/mol. The molecule has 0 aliphatic rings. The Hall–Kier alpha value is -2.43. The van der Waals surface area contributed by atoms with Crippen LogP contribution in [0.25, 0.3) is 22.0 Å². The number of aromatic nitrogens is 2. The van der Waals surface area contributed by atoms with Gasteiger partial charge in [0.1, 0.15) is 11.0 Å². The van der Waals surface area contributed by atoms with Gasteiger partial charge < -0.3 is 9.15 Å². The lowest BCUT2D eigenvalue weighted by Gasteiger charge is -2.00. The van der Waals surface area contributed by atoms with E-state index < -0.39 is 5.97 Å². The van der Waals surface area contributed by atoms with E-state index in [9.17, 15) is 4.79 Å². The van der Waals surface area contributed by atoms with E-state index in [4.69, 9.17) is 9.15 Å². The molecule has 2 heterocycles. The van der Waals surface area contributed by atoms with Crippen LogP contribution < -0.4 is 0 Å². The molecule has 3 aromatic rings. The van der Waals surface area contributed by atoms with Crippen LogP contribution in [0.15, 0.2) is 28.8 Å². The zero-order chi connectivity index (χ0) is 15.5. The second kappa shape index (κ2) is 6.13. The molecule has 2 aromatic heterocycles. The highest BCUT2D eigenvalue weighted by molar-refractivity contribution is 6.03. The van der Waals surface area contributed by atoms with Crippen molar-refractivity contribution in [3.05, 3.63) is 35.9 Å². The van der Waals surface area contributed by atoms with Crippen molar-refractivity contribution in [3.8, 4) is 0 Å². The van der Waals surface area contributed by atoms with Gasteiger partial charge in [-0.05, 0) is 31.0 Å². The predicted octanol–water partition coefficient (Wildman–Crippen LogP) is 4.03. The molecule has 0 aliphatic carbocycles. The van der Waals surface area contributed by atoms with Crippen molar-refractivity contribution >= 4 is 28.0 Å². The molecule has 1 aromatic carbocycles. The van der Waals surface area contributed by atoms with Gasteiger partial charge in [-0.15, -0.1) is 0 Å². The Bertz CT molecular complexity index is 823. The van der Waals surface area contributed by atoms with Gasteiger partial charge >= 0.3 is 11.9 Å². The van der Waals surface area contributed by atoms with E-state index in [2.05, 4.69) is 16.9 Å². The van der Waals surface area contributed by atoms with Crippen LogP contribution in [0, 0.1) is 6.92 Å². The van der Waals surface area contributed by atoms with E-state index in [1.54, 1.807) is 6.20 Å². The number of hydrogen-bond acceptors (Lipinski definition) is 5. The number of benzene rings is 1. The smallest absolute Gasteiger partial charge is 0.394 e. The van der Waals surface area contributed by atoms with E-state index in [1.807, 2.05) is 25.1 Å². The molecule has 5 nitrogen and oxygen atoms in total. The minimum Gasteiger partial charge on any atom is -0.459 e. The van der Waals surface area contributed by atoms with Gasteiger partial charge in [0.25, 0.3) is 0 Å². The summed E-state index contributed by atoms with van der Waals surface area (Å²) in [6.45, 7) is 4.48. The fourth-order valence-electron chi connectivity index (χ4n) is 2.45. The van der Waals surface area contributed by atoms with Crippen LogP contribution in [-0.2, 0) is 4.74 Å². The molecule has 5 heteroatoms. The molecule has 0 bridgehead atoms. The van der Waals surface area contributed by atoms with Crippen LogP contribution >= 0.6 is 0 Å². The summed E-state index contributed by atoms with van der Waals surface area (Å²) in [5.74, 6) is -0.530. The molecule has 0 unspecified atom stereocenters. The first-order valence-electron chi connectivity index (χ1n) is 7.52. The van der Waals surface area contributed by atoms with Crippen molar-refractivity contribution in [1.82, 2.24) is 9.97 Å². The molecule has 0 saturated heterocycles. The molecule has 0 saturated carbocycles. The highest BCUT2D eigenvalue weighted by atomic mass is 16.5. The Kier molecular flexibility index (Phi) is 4.04. The lowest BCUT2D eigenvalue weighted by Crippen LogP contribution is -2.06. The number of carbonyl (C=O) groups is 1. The highest BCUT2D eigenvalue weighted by Crippen LogP contribution is 2.27. The predicted molar refractivity (Wildman–Crippen MR) is 83.9 cm³/mol. The number of unbranched alkanes of at least 4 members (excludes halogenated alkanes) is 2. The summed E-state index contributed by atoms with van der Waals surface area (Å²) in [4.78, 5) is 20.6.